The second-order valence-corrected chi connectivity index (χ2v) is 3.42. The first-order chi connectivity index (χ1) is 8.01. The van der Waals surface area contributed by atoms with Crippen molar-refractivity contribution in [3.63, 3.8) is 0 Å². The summed E-state index contributed by atoms with van der Waals surface area (Å²) in [5.41, 5.74) is 6.16. The van der Waals surface area contributed by atoms with Crippen molar-refractivity contribution in [1.29, 1.82) is 0 Å². The van der Waals surface area contributed by atoms with Crippen LogP contribution in [0.4, 0.5) is 13.2 Å². The van der Waals surface area contributed by atoms with E-state index in [1.54, 1.807) is 12.3 Å². The molecule has 17 heavy (non-hydrogen) atoms. The fourth-order valence-electron chi connectivity index (χ4n) is 1.20. The number of aromatic nitrogens is 2. The van der Waals surface area contributed by atoms with Crippen LogP contribution >= 0.6 is 0 Å². The third-order valence-corrected chi connectivity index (χ3v) is 1.90. The number of alkyl halides is 3. The van der Waals surface area contributed by atoms with Gasteiger partial charge in [0.2, 0.25) is 0 Å². The van der Waals surface area contributed by atoms with Crippen molar-refractivity contribution in [2.75, 3.05) is 19.8 Å². The Morgan fingerprint density at radius 2 is 2.06 bits per heavy atom. The third kappa shape index (κ3) is 6.18. The van der Waals surface area contributed by atoms with Crippen LogP contribution in [0, 0.1) is 0 Å². The Balaban J connectivity index is 2.34. The van der Waals surface area contributed by atoms with Gasteiger partial charge in [-0.15, -0.1) is 0 Å². The number of ether oxygens (including phenoxy) is 1. The first-order valence-corrected chi connectivity index (χ1v) is 5.16. The van der Waals surface area contributed by atoms with Crippen LogP contribution in [0.2, 0.25) is 0 Å². The molecule has 0 bridgehead atoms. The molecule has 2 N–H and O–H groups in total. The summed E-state index contributed by atoms with van der Waals surface area (Å²) < 4.78 is 39.8. The van der Waals surface area contributed by atoms with Crippen molar-refractivity contribution in [3.8, 4) is 0 Å². The molecule has 0 saturated carbocycles. The highest BCUT2D eigenvalue weighted by molar-refractivity contribution is 5.02. The van der Waals surface area contributed by atoms with E-state index in [0.717, 1.165) is 5.69 Å². The zero-order valence-electron chi connectivity index (χ0n) is 9.20. The fourth-order valence-corrected chi connectivity index (χ4v) is 1.20. The van der Waals surface area contributed by atoms with Crippen molar-refractivity contribution >= 4 is 0 Å². The number of rotatable bonds is 6. The highest BCUT2D eigenvalue weighted by Crippen LogP contribution is 2.14. The molecule has 1 aromatic rings. The van der Waals surface area contributed by atoms with Gasteiger partial charge >= 0.3 is 6.18 Å². The van der Waals surface area contributed by atoms with Gasteiger partial charge in [0, 0.05) is 24.7 Å². The van der Waals surface area contributed by atoms with E-state index in [1.807, 2.05) is 0 Å². The van der Waals surface area contributed by atoms with Crippen LogP contribution in [0.25, 0.3) is 0 Å². The van der Waals surface area contributed by atoms with Gasteiger partial charge in [-0.1, -0.05) is 0 Å². The summed E-state index contributed by atoms with van der Waals surface area (Å²) in [6.45, 7) is -0.817. The van der Waals surface area contributed by atoms with Gasteiger partial charge in [-0.05, 0) is 12.6 Å². The first-order valence-electron chi connectivity index (χ1n) is 5.16. The molecule has 1 aromatic heterocycles. The van der Waals surface area contributed by atoms with E-state index in [1.165, 1.54) is 0 Å². The number of nitrogens with two attached hydrogens (primary N) is 1. The lowest BCUT2D eigenvalue weighted by molar-refractivity contribution is -0.173. The van der Waals surface area contributed by atoms with Crippen molar-refractivity contribution < 1.29 is 17.9 Å². The molecule has 0 aliphatic heterocycles. The number of nitrogens with zero attached hydrogens (tertiary/aromatic N) is 2. The summed E-state index contributed by atoms with van der Waals surface area (Å²) in [4.78, 5) is 8.09. The molecule has 0 spiro atoms. The minimum Gasteiger partial charge on any atom is -0.372 e. The van der Waals surface area contributed by atoms with Crippen LogP contribution in [-0.2, 0) is 17.6 Å². The molecule has 0 saturated heterocycles. The zero-order valence-corrected chi connectivity index (χ0v) is 9.20. The molecule has 0 radical (unpaired) electrons. The van der Waals surface area contributed by atoms with Gasteiger partial charge in [0.15, 0.2) is 0 Å². The minimum absolute atomic E-state index is 0.0500. The zero-order chi connectivity index (χ0) is 12.7. The van der Waals surface area contributed by atoms with Gasteiger partial charge < -0.3 is 10.5 Å². The molecule has 1 rings (SSSR count). The van der Waals surface area contributed by atoms with Crippen LogP contribution in [0.1, 0.15) is 11.5 Å². The minimum atomic E-state index is -4.29. The quantitative estimate of drug-likeness (QED) is 0.767. The van der Waals surface area contributed by atoms with Crippen molar-refractivity contribution in [3.05, 3.63) is 23.8 Å². The topological polar surface area (TPSA) is 61.0 Å². The monoisotopic (exact) mass is 249 g/mol. The van der Waals surface area contributed by atoms with E-state index >= 15 is 0 Å². The Bertz CT molecular complexity index is 344. The second-order valence-electron chi connectivity index (χ2n) is 3.42. The molecule has 96 valence electrons. The molecule has 0 unspecified atom stereocenters. The summed E-state index contributed by atoms with van der Waals surface area (Å²) in [7, 11) is 0. The highest BCUT2D eigenvalue weighted by Gasteiger charge is 2.27. The lowest BCUT2D eigenvalue weighted by Gasteiger charge is -2.07. The first kappa shape index (κ1) is 13.9. The average Bonchev–Trinajstić information content (AvgIpc) is 2.24. The molecule has 0 aromatic carbocycles. The summed E-state index contributed by atoms with van der Waals surface area (Å²) in [5, 5.41) is 0. The lowest BCUT2D eigenvalue weighted by atomic mass is 10.3. The predicted molar refractivity (Wildman–Crippen MR) is 55.4 cm³/mol. The van der Waals surface area contributed by atoms with Gasteiger partial charge in [-0.3, -0.25) is 0 Å². The SMILES string of the molecule is NCCc1ccnc(CCOCC(F)(F)F)n1. The molecule has 0 fully saturated rings. The molecule has 0 atom stereocenters. The Morgan fingerprint density at radius 1 is 1.29 bits per heavy atom. The maximum Gasteiger partial charge on any atom is 0.411 e. The highest BCUT2D eigenvalue weighted by atomic mass is 19.4. The van der Waals surface area contributed by atoms with E-state index in [2.05, 4.69) is 14.7 Å². The Hall–Kier alpha value is -1.21. The van der Waals surface area contributed by atoms with Crippen LogP contribution in [0.5, 0.6) is 0 Å². The van der Waals surface area contributed by atoms with E-state index in [0.29, 0.717) is 18.8 Å². The Kier molecular flexibility index (Phi) is 5.30. The van der Waals surface area contributed by atoms with Crippen LogP contribution in [0.15, 0.2) is 12.3 Å². The van der Waals surface area contributed by atoms with E-state index in [-0.39, 0.29) is 13.0 Å². The molecular weight excluding hydrogens is 235 g/mol. The molecule has 0 amide bonds. The van der Waals surface area contributed by atoms with Crippen LogP contribution in [0.3, 0.4) is 0 Å². The molecule has 0 aliphatic rings. The predicted octanol–water partition coefficient (Wildman–Crippen LogP) is 1.10. The van der Waals surface area contributed by atoms with Gasteiger partial charge in [-0.2, -0.15) is 13.2 Å². The number of hydrogen-bond donors (Lipinski definition) is 1. The molecule has 7 heteroatoms. The van der Waals surface area contributed by atoms with Crippen LogP contribution in [-0.4, -0.2) is 35.9 Å². The maximum atomic E-state index is 11.8. The second kappa shape index (κ2) is 6.51. The Morgan fingerprint density at radius 3 is 2.71 bits per heavy atom. The molecule has 0 aliphatic carbocycles. The number of halogens is 3. The lowest BCUT2D eigenvalue weighted by Crippen LogP contribution is -2.18. The smallest absolute Gasteiger partial charge is 0.372 e. The van der Waals surface area contributed by atoms with Gasteiger partial charge in [0.1, 0.15) is 12.4 Å². The average molecular weight is 249 g/mol. The summed E-state index contributed by atoms with van der Waals surface area (Å²) in [5.74, 6) is 0.470. The Labute approximate surface area is 97.0 Å². The summed E-state index contributed by atoms with van der Waals surface area (Å²) in [6.07, 6.45) is -1.84. The maximum absolute atomic E-state index is 11.8. The van der Waals surface area contributed by atoms with E-state index in [4.69, 9.17) is 5.73 Å². The van der Waals surface area contributed by atoms with Gasteiger partial charge in [-0.25, -0.2) is 9.97 Å². The molecular formula is C10H14F3N3O. The van der Waals surface area contributed by atoms with Gasteiger partial charge in [0.25, 0.3) is 0 Å². The van der Waals surface area contributed by atoms with Crippen molar-refractivity contribution in [2.24, 2.45) is 5.73 Å². The van der Waals surface area contributed by atoms with E-state index in [9.17, 15) is 13.2 Å². The van der Waals surface area contributed by atoms with Crippen LogP contribution < -0.4 is 5.73 Å². The van der Waals surface area contributed by atoms with Crippen molar-refractivity contribution in [2.45, 2.75) is 19.0 Å². The molecule has 1 heterocycles. The molecule has 4 nitrogen and oxygen atoms in total. The van der Waals surface area contributed by atoms with Crippen molar-refractivity contribution in [1.82, 2.24) is 9.97 Å². The fraction of sp³-hybridized carbons (Fsp3) is 0.600. The van der Waals surface area contributed by atoms with Gasteiger partial charge in [0.05, 0.1) is 6.61 Å². The van der Waals surface area contributed by atoms with E-state index < -0.39 is 12.8 Å². The summed E-state index contributed by atoms with van der Waals surface area (Å²) in [6, 6.07) is 1.73. The largest absolute Gasteiger partial charge is 0.411 e. The standard InChI is InChI=1S/C10H14F3N3O/c11-10(12,13)7-17-6-3-9-15-5-2-8(16-9)1-4-14/h2,5H,1,3-4,6-7,14H2. The summed E-state index contributed by atoms with van der Waals surface area (Å²) >= 11 is 0. The number of hydrogen-bond acceptors (Lipinski definition) is 4. The normalized spacial score (nSPS) is 11.8. The third-order valence-electron chi connectivity index (χ3n) is 1.90.